The first-order valence-electron chi connectivity index (χ1n) is 8.50. The van der Waals surface area contributed by atoms with E-state index in [0.29, 0.717) is 23.3 Å². The van der Waals surface area contributed by atoms with Crippen LogP contribution in [0.25, 0.3) is 0 Å². The summed E-state index contributed by atoms with van der Waals surface area (Å²) < 4.78 is 0. The maximum Gasteiger partial charge on any atom is 0.119 e. The molecule has 0 atom stereocenters. The molecular weight excluding hydrogens is 284 g/mol. The first-order valence-corrected chi connectivity index (χ1v) is 8.50. The van der Waals surface area contributed by atoms with E-state index in [4.69, 9.17) is 0 Å². The van der Waals surface area contributed by atoms with E-state index in [1.165, 1.54) is 11.1 Å². The van der Waals surface area contributed by atoms with Gasteiger partial charge in [-0.3, -0.25) is 0 Å². The van der Waals surface area contributed by atoms with Crippen LogP contribution in [0, 0.1) is 0 Å². The van der Waals surface area contributed by atoms with Crippen molar-refractivity contribution in [2.45, 2.75) is 58.8 Å². The number of phenolic OH excluding ortho intramolecular Hbond substituents is 2. The van der Waals surface area contributed by atoms with Gasteiger partial charge in [-0.25, -0.2) is 0 Å². The molecule has 0 aromatic heterocycles. The number of benzene rings is 2. The molecule has 2 heteroatoms. The van der Waals surface area contributed by atoms with Crippen molar-refractivity contribution < 1.29 is 10.2 Å². The first-order chi connectivity index (χ1) is 10.8. The molecule has 0 aliphatic rings. The molecule has 2 nitrogen and oxygen atoms in total. The predicted octanol–water partition coefficient (Wildman–Crippen LogP) is 5.89. The standard InChI is InChI=1S/C21H28O2/c1-6-17(15-7-9-20(22)18(11-15)13(2)3)16-8-10-21(23)19(12-16)14(4)5/h7-14,17,22-23H,6H2,1-5H3. The Morgan fingerprint density at radius 2 is 1.13 bits per heavy atom. The molecule has 2 N–H and O–H groups in total. The number of hydrogen-bond donors (Lipinski definition) is 2. The van der Waals surface area contributed by atoms with Crippen LogP contribution in [0.3, 0.4) is 0 Å². The van der Waals surface area contributed by atoms with Crippen LogP contribution in [0.4, 0.5) is 0 Å². The van der Waals surface area contributed by atoms with Crippen molar-refractivity contribution in [2.24, 2.45) is 0 Å². The maximum atomic E-state index is 10.1. The number of rotatable bonds is 5. The van der Waals surface area contributed by atoms with Gasteiger partial charge in [0.15, 0.2) is 0 Å². The molecule has 0 amide bonds. The van der Waals surface area contributed by atoms with Gasteiger partial charge in [0.25, 0.3) is 0 Å². The highest BCUT2D eigenvalue weighted by atomic mass is 16.3. The van der Waals surface area contributed by atoms with Gasteiger partial charge in [0.05, 0.1) is 0 Å². The lowest BCUT2D eigenvalue weighted by molar-refractivity contribution is 0.464. The minimum atomic E-state index is 0.270. The summed E-state index contributed by atoms with van der Waals surface area (Å²) >= 11 is 0. The third-order valence-electron chi connectivity index (χ3n) is 4.56. The van der Waals surface area contributed by atoms with Gasteiger partial charge >= 0.3 is 0 Å². The molecule has 2 rings (SSSR count). The van der Waals surface area contributed by atoms with Crippen molar-refractivity contribution in [1.82, 2.24) is 0 Å². The second-order valence-corrected chi connectivity index (χ2v) is 6.91. The minimum absolute atomic E-state index is 0.270. The van der Waals surface area contributed by atoms with Crippen LogP contribution < -0.4 is 0 Å². The van der Waals surface area contributed by atoms with E-state index in [-0.39, 0.29) is 5.92 Å². The van der Waals surface area contributed by atoms with E-state index in [0.717, 1.165) is 17.5 Å². The number of phenols is 2. The van der Waals surface area contributed by atoms with Gasteiger partial charge in [0.2, 0.25) is 0 Å². The average molecular weight is 312 g/mol. The second kappa shape index (κ2) is 7.08. The van der Waals surface area contributed by atoms with Crippen LogP contribution in [0.1, 0.15) is 81.0 Å². The Morgan fingerprint density at radius 3 is 1.43 bits per heavy atom. The molecule has 0 aliphatic heterocycles. The zero-order chi connectivity index (χ0) is 17.1. The van der Waals surface area contributed by atoms with E-state index in [1.807, 2.05) is 12.1 Å². The van der Waals surface area contributed by atoms with Gasteiger partial charge in [0.1, 0.15) is 11.5 Å². The zero-order valence-corrected chi connectivity index (χ0v) is 14.8. The van der Waals surface area contributed by atoms with Crippen molar-refractivity contribution in [1.29, 1.82) is 0 Å². The van der Waals surface area contributed by atoms with Gasteiger partial charge in [0, 0.05) is 5.92 Å². The smallest absolute Gasteiger partial charge is 0.119 e. The number of hydrogen-bond acceptors (Lipinski definition) is 2. The Hall–Kier alpha value is -1.96. The Balaban J connectivity index is 2.48. The molecule has 0 spiro atoms. The lowest BCUT2D eigenvalue weighted by Crippen LogP contribution is -2.03. The molecule has 0 unspecified atom stereocenters. The Bertz CT molecular complexity index is 614. The molecule has 0 fully saturated rings. The minimum Gasteiger partial charge on any atom is -0.508 e. The van der Waals surface area contributed by atoms with Gasteiger partial charge in [-0.2, -0.15) is 0 Å². The summed E-state index contributed by atoms with van der Waals surface area (Å²) in [5.74, 6) is 1.59. The predicted molar refractivity (Wildman–Crippen MR) is 96.5 cm³/mol. The molecule has 0 aliphatic carbocycles. The molecule has 23 heavy (non-hydrogen) atoms. The maximum absolute atomic E-state index is 10.1. The van der Waals surface area contributed by atoms with Crippen LogP contribution in [-0.4, -0.2) is 10.2 Å². The molecule has 0 radical (unpaired) electrons. The van der Waals surface area contributed by atoms with E-state index in [9.17, 15) is 10.2 Å². The summed E-state index contributed by atoms with van der Waals surface area (Å²) in [6, 6.07) is 11.9. The summed E-state index contributed by atoms with van der Waals surface area (Å²) in [6.07, 6.45) is 0.977. The number of aromatic hydroxyl groups is 2. The van der Waals surface area contributed by atoms with Crippen LogP contribution >= 0.6 is 0 Å². The van der Waals surface area contributed by atoms with Gasteiger partial charge in [-0.15, -0.1) is 0 Å². The highest BCUT2D eigenvalue weighted by Crippen LogP contribution is 2.36. The average Bonchev–Trinajstić information content (AvgIpc) is 2.50. The van der Waals surface area contributed by atoms with Crippen molar-refractivity contribution >= 4 is 0 Å². The van der Waals surface area contributed by atoms with Crippen LogP contribution in [0.15, 0.2) is 36.4 Å². The summed E-state index contributed by atoms with van der Waals surface area (Å²) in [4.78, 5) is 0. The summed E-state index contributed by atoms with van der Waals surface area (Å²) in [6.45, 7) is 10.6. The largest absolute Gasteiger partial charge is 0.508 e. The normalized spacial score (nSPS) is 11.7. The quantitative estimate of drug-likeness (QED) is 0.723. The third-order valence-corrected chi connectivity index (χ3v) is 4.56. The topological polar surface area (TPSA) is 40.5 Å². The van der Waals surface area contributed by atoms with Crippen LogP contribution in [0.5, 0.6) is 11.5 Å². The Kier molecular flexibility index (Phi) is 5.35. The lowest BCUT2D eigenvalue weighted by atomic mass is 9.85. The fourth-order valence-corrected chi connectivity index (χ4v) is 3.17. The van der Waals surface area contributed by atoms with Gasteiger partial charge < -0.3 is 10.2 Å². The van der Waals surface area contributed by atoms with E-state index >= 15 is 0 Å². The summed E-state index contributed by atoms with van der Waals surface area (Å²) in [5.41, 5.74) is 4.41. The highest BCUT2D eigenvalue weighted by molar-refractivity contribution is 5.45. The molecule has 0 saturated carbocycles. The van der Waals surface area contributed by atoms with Crippen LogP contribution in [0.2, 0.25) is 0 Å². The Labute approximate surface area is 139 Å². The van der Waals surface area contributed by atoms with Crippen molar-refractivity contribution in [3.8, 4) is 11.5 Å². The second-order valence-electron chi connectivity index (χ2n) is 6.91. The monoisotopic (exact) mass is 312 g/mol. The zero-order valence-electron chi connectivity index (χ0n) is 14.8. The summed E-state index contributed by atoms with van der Waals surface area (Å²) in [7, 11) is 0. The molecule has 124 valence electrons. The van der Waals surface area contributed by atoms with Crippen molar-refractivity contribution in [3.63, 3.8) is 0 Å². The molecular formula is C21H28O2. The lowest BCUT2D eigenvalue weighted by Gasteiger charge is -2.20. The van der Waals surface area contributed by atoms with Crippen LogP contribution in [-0.2, 0) is 0 Å². The fourth-order valence-electron chi connectivity index (χ4n) is 3.17. The molecule has 2 aromatic rings. The van der Waals surface area contributed by atoms with Crippen molar-refractivity contribution in [3.05, 3.63) is 58.7 Å². The fraction of sp³-hybridized carbons (Fsp3) is 0.429. The molecule has 0 saturated heterocycles. The van der Waals surface area contributed by atoms with Gasteiger partial charge in [-0.1, -0.05) is 58.9 Å². The SMILES string of the molecule is CCC(c1ccc(O)c(C(C)C)c1)c1ccc(O)c(C(C)C)c1. The highest BCUT2D eigenvalue weighted by Gasteiger charge is 2.17. The molecule has 0 heterocycles. The molecule has 0 bridgehead atoms. The van der Waals surface area contributed by atoms with Crippen molar-refractivity contribution in [2.75, 3.05) is 0 Å². The molecule has 2 aromatic carbocycles. The third kappa shape index (κ3) is 3.69. The van der Waals surface area contributed by atoms with E-state index in [2.05, 4.69) is 46.8 Å². The Morgan fingerprint density at radius 1 is 0.739 bits per heavy atom. The van der Waals surface area contributed by atoms with E-state index in [1.54, 1.807) is 12.1 Å². The first kappa shape index (κ1) is 17.4. The summed E-state index contributed by atoms with van der Waals surface area (Å²) in [5, 5.41) is 20.1. The van der Waals surface area contributed by atoms with E-state index < -0.39 is 0 Å². The van der Waals surface area contributed by atoms with Gasteiger partial charge in [-0.05, 0) is 52.6 Å².